The zero-order valence-electron chi connectivity index (χ0n) is 64.6. The predicted molar refractivity (Wildman–Crippen MR) is 405 cm³/mol. The lowest BCUT2D eigenvalue weighted by Gasteiger charge is -2.21. The molecule has 17 nitrogen and oxygen atoms in total. The molecule has 0 aromatic carbocycles. The highest BCUT2D eigenvalue weighted by Crippen LogP contribution is 2.45. The molecule has 0 aliphatic rings. The molecule has 99 heavy (non-hydrogen) atoms. The molecule has 6 atom stereocenters. The fourth-order valence-corrected chi connectivity index (χ4v) is 14.0. The van der Waals surface area contributed by atoms with Crippen LogP contribution in [0.2, 0.25) is 0 Å². The summed E-state index contributed by atoms with van der Waals surface area (Å²) in [4.78, 5) is 73.0. The molecule has 0 rings (SSSR count). The van der Waals surface area contributed by atoms with E-state index >= 15 is 0 Å². The molecule has 19 heteroatoms. The number of unbranched alkanes of at least 4 members (excludes halogenated alkanes) is 51. The van der Waals surface area contributed by atoms with Gasteiger partial charge in [-0.15, -0.1) is 0 Å². The van der Waals surface area contributed by atoms with Crippen molar-refractivity contribution in [3.63, 3.8) is 0 Å². The summed E-state index contributed by atoms with van der Waals surface area (Å²) in [5.41, 5.74) is 0. The summed E-state index contributed by atoms with van der Waals surface area (Å²) in [6.45, 7) is 7.29. The van der Waals surface area contributed by atoms with Crippen LogP contribution >= 0.6 is 15.6 Å². The van der Waals surface area contributed by atoms with E-state index in [2.05, 4.69) is 34.6 Å². The van der Waals surface area contributed by atoms with Gasteiger partial charge >= 0.3 is 39.5 Å². The lowest BCUT2D eigenvalue weighted by Crippen LogP contribution is -2.30. The van der Waals surface area contributed by atoms with E-state index in [4.69, 9.17) is 37.0 Å². The van der Waals surface area contributed by atoms with E-state index in [1.165, 1.54) is 244 Å². The fraction of sp³-hybridized carbons (Fsp3) is 0.950. The Labute approximate surface area is 607 Å². The van der Waals surface area contributed by atoms with Crippen LogP contribution in [-0.4, -0.2) is 96.7 Å². The molecule has 0 radical (unpaired) electrons. The second-order valence-electron chi connectivity index (χ2n) is 29.1. The van der Waals surface area contributed by atoms with Gasteiger partial charge in [0.1, 0.15) is 19.3 Å². The number of rotatable bonds is 80. The Hall–Kier alpha value is -1.94. The average Bonchev–Trinajstić information content (AvgIpc) is 1.05. The molecule has 0 aliphatic carbocycles. The minimum atomic E-state index is -4.96. The number of aliphatic hydroxyl groups is 1. The standard InChI is InChI=1S/C80H156O17P2/c1-6-10-13-16-19-22-25-28-31-32-33-34-35-37-40-43-46-49-56-61-66-79(84)96-75(69-90-77(82)63-58-53-47-44-41-39-36-29-26-23-20-17-14-11-7-2)71-94-98(86,87)92-67-74(81)68-93-99(88,89)95-72-76(70-91-78(83)64-59-54-51-50-52-57-62-73(5)9-4)97-80(85)65-60-55-48-45-42-38-30-27-24-21-18-15-12-8-3/h73-76,81H,6-72H2,1-5H3,(H,86,87)(H,88,89)/t73?,74-,75-,76-/m1/s1. The fourth-order valence-electron chi connectivity index (χ4n) is 12.4. The van der Waals surface area contributed by atoms with Crippen molar-refractivity contribution in [1.29, 1.82) is 0 Å². The maximum atomic E-state index is 13.1. The van der Waals surface area contributed by atoms with Crippen LogP contribution in [0.1, 0.15) is 426 Å². The molecule has 588 valence electrons. The minimum absolute atomic E-state index is 0.107. The third-order valence-corrected chi connectivity index (χ3v) is 21.0. The molecular formula is C80H156O17P2. The van der Waals surface area contributed by atoms with Gasteiger partial charge in [0.05, 0.1) is 26.4 Å². The van der Waals surface area contributed by atoms with Gasteiger partial charge in [0.15, 0.2) is 12.2 Å². The highest BCUT2D eigenvalue weighted by molar-refractivity contribution is 7.47. The first kappa shape index (κ1) is 97.1. The van der Waals surface area contributed by atoms with Crippen LogP contribution in [0.5, 0.6) is 0 Å². The van der Waals surface area contributed by atoms with Crippen LogP contribution in [0.25, 0.3) is 0 Å². The zero-order valence-corrected chi connectivity index (χ0v) is 66.4. The molecule has 0 saturated carbocycles. The second-order valence-corrected chi connectivity index (χ2v) is 32.0. The van der Waals surface area contributed by atoms with E-state index in [9.17, 15) is 43.2 Å². The van der Waals surface area contributed by atoms with Gasteiger partial charge in [0.2, 0.25) is 0 Å². The molecule has 3 unspecified atom stereocenters. The van der Waals surface area contributed by atoms with Gasteiger partial charge in [-0.25, -0.2) is 9.13 Å². The van der Waals surface area contributed by atoms with Gasteiger partial charge < -0.3 is 33.8 Å². The van der Waals surface area contributed by atoms with E-state index in [1.54, 1.807) is 0 Å². The van der Waals surface area contributed by atoms with E-state index in [0.29, 0.717) is 25.7 Å². The Kier molecular flexibility index (Phi) is 71.6. The highest BCUT2D eigenvalue weighted by atomic mass is 31.2. The normalized spacial score (nSPS) is 14.1. The smallest absolute Gasteiger partial charge is 0.462 e. The number of hydrogen-bond acceptors (Lipinski definition) is 15. The third kappa shape index (κ3) is 72.8. The molecule has 0 aliphatic heterocycles. The highest BCUT2D eigenvalue weighted by Gasteiger charge is 2.30. The van der Waals surface area contributed by atoms with Crippen molar-refractivity contribution in [2.75, 3.05) is 39.6 Å². The minimum Gasteiger partial charge on any atom is -0.462 e. The SMILES string of the molecule is CCCCCCCCCCCCCCCCCCCCCCC(=O)O[C@H](COC(=O)CCCCCCCCCCCCCCCCC)COP(=O)(O)OC[C@@H](O)COP(=O)(O)OC[C@@H](COC(=O)CCCCCCCCC(C)CC)OC(=O)CCCCCCCCCCCCCCCC. The second kappa shape index (κ2) is 73.0. The van der Waals surface area contributed by atoms with Crippen molar-refractivity contribution in [2.45, 2.75) is 445 Å². The Morgan fingerprint density at radius 1 is 0.283 bits per heavy atom. The van der Waals surface area contributed by atoms with Gasteiger partial charge in [-0.3, -0.25) is 37.3 Å². The van der Waals surface area contributed by atoms with Crippen molar-refractivity contribution in [3.8, 4) is 0 Å². The largest absolute Gasteiger partial charge is 0.472 e. The van der Waals surface area contributed by atoms with Gasteiger partial charge in [-0.05, 0) is 31.6 Å². The maximum absolute atomic E-state index is 13.1. The number of phosphoric ester groups is 2. The Bertz CT molecular complexity index is 1890. The predicted octanol–water partition coefficient (Wildman–Crippen LogP) is 24.0. The molecule has 0 saturated heterocycles. The lowest BCUT2D eigenvalue weighted by molar-refractivity contribution is -0.161. The van der Waals surface area contributed by atoms with Crippen LogP contribution in [0.4, 0.5) is 0 Å². The molecule has 0 heterocycles. The molecule has 0 bridgehead atoms. The van der Waals surface area contributed by atoms with Gasteiger partial charge in [0, 0.05) is 25.7 Å². The number of ether oxygens (including phenoxy) is 4. The first-order chi connectivity index (χ1) is 48.1. The molecule has 3 N–H and O–H groups in total. The molecule has 0 amide bonds. The topological polar surface area (TPSA) is 237 Å². The van der Waals surface area contributed by atoms with Crippen molar-refractivity contribution < 1.29 is 80.2 Å². The molecule has 0 spiro atoms. The number of esters is 4. The Balaban J connectivity index is 5.23. The molecule has 0 fully saturated rings. The summed E-state index contributed by atoms with van der Waals surface area (Å²) in [6, 6.07) is 0. The first-order valence-electron chi connectivity index (χ1n) is 41.7. The summed E-state index contributed by atoms with van der Waals surface area (Å²) in [5, 5.41) is 10.6. The van der Waals surface area contributed by atoms with Crippen molar-refractivity contribution in [3.05, 3.63) is 0 Å². The van der Waals surface area contributed by atoms with Gasteiger partial charge in [-0.2, -0.15) is 0 Å². The van der Waals surface area contributed by atoms with E-state index in [0.717, 1.165) is 102 Å². The molecular weight excluding hydrogens is 1290 g/mol. The summed E-state index contributed by atoms with van der Waals surface area (Å²) in [7, 11) is -9.92. The maximum Gasteiger partial charge on any atom is 0.472 e. The summed E-state index contributed by atoms with van der Waals surface area (Å²) in [5.74, 6) is -1.38. The number of carbonyl (C=O) groups is 4. The van der Waals surface area contributed by atoms with Gasteiger partial charge in [0.25, 0.3) is 0 Å². The monoisotopic (exact) mass is 1450 g/mol. The number of aliphatic hydroxyl groups excluding tert-OH is 1. The van der Waals surface area contributed by atoms with Crippen LogP contribution in [0.15, 0.2) is 0 Å². The molecule has 0 aromatic rings. The van der Waals surface area contributed by atoms with Crippen molar-refractivity contribution in [2.24, 2.45) is 5.92 Å². The van der Waals surface area contributed by atoms with Gasteiger partial charge in [-0.1, -0.05) is 375 Å². The van der Waals surface area contributed by atoms with E-state index in [-0.39, 0.29) is 25.7 Å². The summed E-state index contributed by atoms with van der Waals surface area (Å²) < 4.78 is 68.7. The van der Waals surface area contributed by atoms with Crippen LogP contribution in [-0.2, 0) is 65.4 Å². The lowest BCUT2D eigenvalue weighted by atomic mass is 10.00. The van der Waals surface area contributed by atoms with E-state index < -0.39 is 97.5 Å². The Morgan fingerprint density at radius 2 is 0.485 bits per heavy atom. The summed E-state index contributed by atoms with van der Waals surface area (Å²) >= 11 is 0. The van der Waals surface area contributed by atoms with E-state index in [1.807, 2.05) is 0 Å². The van der Waals surface area contributed by atoms with Crippen LogP contribution in [0, 0.1) is 5.92 Å². The van der Waals surface area contributed by atoms with Crippen LogP contribution < -0.4 is 0 Å². The first-order valence-corrected chi connectivity index (χ1v) is 44.7. The Morgan fingerprint density at radius 3 is 0.717 bits per heavy atom. The molecule has 0 aromatic heterocycles. The van der Waals surface area contributed by atoms with Crippen LogP contribution in [0.3, 0.4) is 0 Å². The average molecular weight is 1450 g/mol. The zero-order chi connectivity index (χ0) is 72.7. The van der Waals surface area contributed by atoms with Crippen molar-refractivity contribution >= 4 is 39.5 Å². The number of phosphoric acid groups is 2. The third-order valence-electron chi connectivity index (χ3n) is 19.1. The quantitative estimate of drug-likeness (QED) is 0.0222. The van der Waals surface area contributed by atoms with Crippen molar-refractivity contribution in [1.82, 2.24) is 0 Å². The number of carbonyl (C=O) groups excluding carboxylic acids is 4. The summed E-state index contributed by atoms with van der Waals surface area (Å²) in [6.07, 6.45) is 63.8. The number of hydrogen-bond donors (Lipinski definition) is 3.